The third kappa shape index (κ3) is 4.63. The van der Waals surface area contributed by atoms with Gasteiger partial charge in [0.05, 0.1) is 13.2 Å². The van der Waals surface area contributed by atoms with Crippen molar-refractivity contribution >= 4 is 29.1 Å². The molecular formula is C26H25ClN2O3. The Kier molecular flexibility index (Phi) is 6.47. The highest BCUT2D eigenvalue weighted by Crippen LogP contribution is 2.30. The summed E-state index contributed by atoms with van der Waals surface area (Å²) in [6.45, 7) is 2.59. The van der Waals surface area contributed by atoms with Gasteiger partial charge in [-0.1, -0.05) is 29.8 Å². The summed E-state index contributed by atoms with van der Waals surface area (Å²) in [5.74, 6) is 0.548. The fourth-order valence-corrected chi connectivity index (χ4v) is 4.17. The van der Waals surface area contributed by atoms with Gasteiger partial charge in [-0.05, 0) is 79.4 Å². The monoisotopic (exact) mass is 448 g/mol. The average molecular weight is 449 g/mol. The van der Waals surface area contributed by atoms with Gasteiger partial charge in [0, 0.05) is 28.4 Å². The van der Waals surface area contributed by atoms with E-state index in [9.17, 15) is 9.59 Å². The molecule has 0 spiro atoms. The Morgan fingerprint density at radius 3 is 2.53 bits per heavy atom. The molecule has 32 heavy (non-hydrogen) atoms. The first-order valence-electron chi connectivity index (χ1n) is 10.6. The number of hydrogen-bond acceptors (Lipinski definition) is 3. The Hall–Kier alpha value is -3.31. The van der Waals surface area contributed by atoms with Gasteiger partial charge in [0.25, 0.3) is 11.8 Å². The maximum absolute atomic E-state index is 13.1. The summed E-state index contributed by atoms with van der Waals surface area (Å²) in [5.41, 5.74) is 3.98. The van der Waals surface area contributed by atoms with Crippen LogP contribution in [0.2, 0.25) is 5.02 Å². The number of nitrogens with one attached hydrogen (secondary N) is 1. The highest BCUT2D eigenvalue weighted by Gasteiger charge is 2.25. The molecule has 3 aromatic rings. The summed E-state index contributed by atoms with van der Waals surface area (Å²) < 4.78 is 5.19. The van der Waals surface area contributed by atoms with E-state index in [1.54, 1.807) is 42.3 Å². The van der Waals surface area contributed by atoms with Crippen molar-refractivity contribution < 1.29 is 14.3 Å². The van der Waals surface area contributed by atoms with Crippen LogP contribution in [-0.2, 0) is 6.42 Å². The zero-order chi connectivity index (χ0) is 22.7. The molecule has 4 rings (SSSR count). The quantitative estimate of drug-likeness (QED) is 0.566. The van der Waals surface area contributed by atoms with Crippen LogP contribution in [0.3, 0.4) is 0 Å². The van der Waals surface area contributed by atoms with E-state index in [-0.39, 0.29) is 17.9 Å². The van der Waals surface area contributed by atoms with Gasteiger partial charge in [0.1, 0.15) is 5.75 Å². The van der Waals surface area contributed by atoms with Crippen LogP contribution in [0.5, 0.6) is 5.75 Å². The predicted octanol–water partition coefficient (Wildman–Crippen LogP) is 5.43. The lowest BCUT2D eigenvalue weighted by Crippen LogP contribution is -2.35. The van der Waals surface area contributed by atoms with Gasteiger partial charge in [-0.15, -0.1) is 0 Å². The zero-order valence-electron chi connectivity index (χ0n) is 18.1. The Bertz CT molecular complexity index is 1140. The number of amides is 2. The molecule has 0 aliphatic carbocycles. The van der Waals surface area contributed by atoms with Crippen molar-refractivity contribution in [3.63, 3.8) is 0 Å². The average Bonchev–Trinajstić information content (AvgIpc) is 2.82. The first-order chi connectivity index (χ1) is 15.5. The van der Waals surface area contributed by atoms with E-state index in [2.05, 4.69) is 5.32 Å². The van der Waals surface area contributed by atoms with Gasteiger partial charge >= 0.3 is 0 Å². The lowest BCUT2D eigenvalue weighted by Gasteiger charge is -2.30. The van der Waals surface area contributed by atoms with E-state index in [0.29, 0.717) is 22.7 Å². The molecule has 0 unspecified atom stereocenters. The van der Waals surface area contributed by atoms with E-state index in [1.807, 2.05) is 43.3 Å². The fraction of sp³-hybridized carbons (Fsp3) is 0.231. The van der Waals surface area contributed by atoms with Gasteiger partial charge < -0.3 is 15.0 Å². The topological polar surface area (TPSA) is 58.6 Å². The lowest BCUT2D eigenvalue weighted by molar-refractivity contribution is 0.0939. The number of nitrogens with zero attached hydrogens (tertiary/aromatic N) is 1. The van der Waals surface area contributed by atoms with E-state index >= 15 is 0 Å². The van der Waals surface area contributed by atoms with Crippen LogP contribution in [0.25, 0.3) is 0 Å². The number of halogens is 1. The molecule has 1 aliphatic rings. The smallest absolute Gasteiger partial charge is 0.258 e. The largest absolute Gasteiger partial charge is 0.497 e. The third-order valence-electron chi connectivity index (χ3n) is 5.74. The second kappa shape index (κ2) is 9.45. The molecule has 164 valence electrons. The number of anilines is 1. The van der Waals surface area contributed by atoms with Gasteiger partial charge in [0.2, 0.25) is 0 Å². The van der Waals surface area contributed by atoms with Crippen molar-refractivity contribution in [2.45, 2.75) is 25.8 Å². The summed E-state index contributed by atoms with van der Waals surface area (Å²) in [6, 6.07) is 20.0. The normalized spacial score (nSPS) is 13.8. The molecule has 0 fully saturated rings. The molecule has 0 saturated heterocycles. The van der Waals surface area contributed by atoms with Crippen LogP contribution < -0.4 is 15.0 Å². The molecule has 0 bridgehead atoms. The molecule has 1 aliphatic heterocycles. The molecular weight excluding hydrogens is 424 g/mol. The first-order valence-corrected chi connectivity index (χ1v) is 11.0. The molecule has 0 radical (unpaired) electrons. The number of aryl methyl sites for hydroxylation is 1. The van der Waals surface area contributed by atoms with Crippen molar-refractivity contribution in [2.24, 2.45) is 0 Å². The molecule has 6 heteroatoms. The fourth-order valence-electron chi connectivity index (χ4n) is 3.98. The number of benzene rings is 3. The van der Waals surface area contributed by atoms with Gasteiger partial charge in [-0.2, -0.15) is 0 Å². The summed E-state index contributed by atoms with van der Waals surface area (Å²) in [7, 11) is 1.62. The standard InChI is InChI=1S/C26H25ClN2O3/c1-17(18-8-11-23(32-2)12-9-18)28-25(30)20-10-13-24-19(15-20)6-4-14-29(24)26(31)21-5-3-7-22(27)16-21/h3,5,7-13,15-17H,4,6,14H2,1-2H3,(H,28,30)/t17-/m0/s1. The minimum atomic E-state index is -0.148. The minimum Gasteiger partial charge on any atom is -0.497 e. The van der Waals surface area contributed by atoms with Gasteiger partial charge in [-0.25, -0.2) is 0 Å². The number of ether oxygens (including phenoxy) is 1. The van der Waals surface area contributed by atoms with Crippen LogP contribution in [-0.4, -0.2) is 25.5 Å². The predicted molar refractivity (Wildman–Crippen MR) is 127 cm³/mol. The highest BCUT2D eigenvalue weighted by molar-refractivity contribution is 6.31. The van der Waals surface area contributed by atoms with Gasteiger partial charge in [0.15, 0.2) is 0 Å². The van der Waals surface area contributed by atoms with E-state index in [4.69, 9.17) is 16.3 Å². The van der Waals surface area contributed by atoms with Crippen molar-refractivity contribution in [2.75, 3.05) is 18.6 Å². The second-order valence-corrected chi connectivity index (χ2v) is 8.32. The van der Waals surface area contributed by atoms with Crippen LogP contribution in [0, 0.1) is 0 Å². The van der Waals surface area contributed by atoms with Crippen molar-refractivity contribution in [1.82, 2.24) is 5.32 Å². The van der Waals surface area contributed by atoms with Crippen molar-refractivity contribution in [3.05, 3.63) is 94.0 Å². The summed E-state index contributed by atoms with van der Waals surface area (Å²) in [6.07, 6.45) is 1.66. The SMILES string of the molecule is COc1ccc([C@H](C)NC(=O)c2ccc3c(c2)CCCN3C(=O)c2cccc(Cl)c2)cc1. The third-order valence-corrected chi connectivity index (χ3v) is 5.98. The zero-order valence-corrected chi connectivity index (χ0v) is 18.9. The maximum atomic E-state index is 13.1. The summed E-state index contributed by atoms with van der Waals surface area (Å²) in [5, 5.41) is 3.58. The van der Waals surface area contributed by atoms with Crippen molar-refractivity contribution in [1.29, 1.82) is 0 Å². The number of carbonyl (C=O) groups is 2. The molecule has 1 atom stereocenters. The molecule has 1 N–H and O–H groups in total. The molecule has 5 nitrogen and oxygen atoms in total. The Morgan fingerprint density at radius 2 is 1.81 bits per heavy atom. The summed E-state index contributed by atoms with van der Waals surface area (Å²) >= 11 is 6.06. The first kappa shape index (κ1) is 21.9. The highest BCUT2D eigenvalue weighted by atomic mass is 35.5. The number of methoxy groups -OCH3 is 1. The van der Waals surface area contributed by atoms with E-state index in [0.717, 1.165) is 35.4 Å². The number of rotatable bonds is 5. The number of hydrogen-bond donors (Lipinski definition) is 1. The van der Waals surface area contributed by atoms with Crippen LogP contribution in [0.1, 0.15) is 51.2 Å². The molecule has 1 heterocycles. The minimum absolute atomic E-state index is 0.0845. The lowest BCUT2D eigenvalue weighted by atomic mass is 9.97. The molecule has 0 saturated carbocycles. The maximum Gasteiger partial charge on any atom is 0.258 e. The molecule has 0 aromatic heterocycles. The van der Waals surface area contributed by atoms with Crippen LogP contribution >= 0.6 is 11.6 Å². The number of fused-ring (bicyclic) bond motifs is 1. The van der Waals surface area contributed by atoms with Crippen LogP contribution in [0.4, 0.5) is 5.69 Å². The van der Waals surface area contributed by atoms with Crippen LogP contribution in [0.15, 0.2) is 66.7 Å². The summed E-state index contributed by atoms with van der Waals surface area (Å²) in [4.78, 5) is 27.7. The Morgan fingerprint density at radius 1 is 1.03 bits per heavy atom. The van der Waals surface area contributed by atoms with Gasteiger partial charge in [-0.3, -0.25) is 9.59 Å². The van der Waals surface area contributed by atoms with E-state index in [1.165, 1.54) is 0 Å². The molecule has 2 amide bonds. The van der Waals surface area contributed by atoms with E-state index < -0.39 is 0 Å². The second-order valence-electron chi connectivity index (χ2n) is 7.88. The Labute approximate surface area is 193 Å². The Balaban J connectivity index is 1.51. The number of carbonyl (C=O) groups excluding carboxylic acids is 2. The molecule has 3 aromatic carbocycles. The van der Waals surface area contributed by atoms with Crippen molar-refractivity contribution in [3.8, 4) is 5.75 Å².